The molecule has 0 aliphatic heterocycles. The lowest BCUT2D eigenvalue weighted by molar-refractivity contribution is 0.614. The van der Waals surface area contributed by atoms with Crippen LogP contribution in [-0.2, 0) is 0 Å². The predicted molar refractivity (Wildman–Crippen MR) is 35.5 cm³/mol. The van der Waals surface area contributed by atoms with E-state index in [1.165, 1.54) is 6.20 Å². The Hall–Kier alpha value is -0.990. The van der Waals surface area contributed by atoms with Crippen LogP contribution in [0.5, 0.6) is 0 Å². The molecule has 0 spiro atoms. The fourth-order valence-corrected chi connectivity index (χ4v) is 0.209. The lowest BCUT2D eigenvalue weighted by Gasteiger charge is -2.07. The Balaban J connectivity index is 3.78. The second-order valence-electron chi connectivity index (χ2n) is 1.56. The van der Waals surface area contributed by atoms with Gasteiger partial charge in [-0.3, -0.25) is 0 Å². The van der Waals surface area contributed by atoms with Crippen molar-refractivity contribution in [3.05, 3.63) is 12.8 Å². The van der Waals surface area contributed by atoms with E-state index in [9.17, 15) is 0 Å². The molecule has 0 radical (unpaired) electrons. The Bertz CT molecular complexity index is 104. The van der Waals surface area contributed by atoms with E-state index in [0.29, 0.717) is 5.96 Å². The molecule has 8 heavy (non-hydrogen) atoms. The maximum absolute atomic E-state index is 5.33. The van der Waals surface area contributed by atoms with Crippen molar-refractivity contribution in [1.29, 1.82) is 0 Å². The van der Waals surface area contributed by atoms with Crippen molar-refractivity contribution in [1.82, 2.24) is 4.90 Å². The molecule has 0 saturated heterocycles. The van der Waals surface area contributed by atoms with Gasteiger partial charge in [0, 0.05) is 20.3 Å². The Morgan fingerprint density at radius 1 is 1.75 bits per heavy atom. The topological polar surface area (TPSA) is 41.6 Å². The first-order valence-corrected chi connectivity index (χ1v) is 2.30. The third kappa shape index (κ3) is 2.23. The van der Waals surface area contributed by atoms with Gasteiger partial charge < -0.3 is 10.6 Å². The summed E-state index contributed by atoms with van der Waals surface area (Å²) in [5.41, 5.74) is 5.33. The largest absolute Gasteiger partial charge is 0.370 e. The smallest absolute Gasteiger partial charge is 0.195 e. The van der Waals surface area contributed by atoms with E-state index in [1.54, 1.807) is 4.90 Å². The first-order chi connectivity index (χ1) is 3.68. The van der Waals surface area contributed by atoms with Crippen LogP contribution in [0, 0.1) is 0 Å². The van der Waals surface area contributed by atoms with Crippen molar-refractivity contribution in [2.75, 3.05) is 14.1 Å². The van der Waals surface area contributed by atoms with Crippen molar-refractivity contribution < 1.29 is 0 Å². The molecule has 0 fully saturated rings. The molecule has 46 valence electrons. The van der Waals surface area contributed by atoms with E-state index in [0.717, 1.165) is 0 Å². The van der Waals surface area contributed by atoms with E-state index in [1.807, 2.05) is 14.1 Å². The van der Waals surface area contributed by atoms with Gasteiger partial charge in [-0.25, -0.2) is 4.99 Å². The molecule has 0 amide bonds. The highest BCUT2D eigenvalue weighted by Crippen LogP contribution is 1.74. The molecule has 0 saturated carbocycles. The highest BCUT2D eigenvalue weighted by Gasteiger charge is 1.87. The van der Waals surface area contributed by atoms with Crippen LogP contribution in [0.2, 0.25) is 0 Å². The van der Waals surface area contributed by atoms with Gasteiger partial charge in [0.25, 0.3) is 0 Å². The van der Waals surface area contributed by atoms with E-state index in [-0.39, 0.29) is 0 Å². The zero-order valence-electron chi connectivity index (χ0n) is 5.26. The molecule has 0 aromatic carbocycles. The zero-order chi connectivity index (χ0) is 6.57. The minimum Gasteiger partial charge on any atom is -0.370 e. The summed E-state index contributed by atoms with van der Waals surface area (Å²) in [6, 6.07) is 0. The minimum absolute atomic E-state index is 0.472. The van der Waals surface area contributed by atoms with Crippen molar-refractivity contribution in [3.8, 4) is 0 Å². The van der Waals surface area contributed by atoms with Crippen LogP contribution in [0.1, 0.15) is 0 Å². The maximum Gasteiger partial charge on any atom is 0.195 e. The molecule has 3 nitrogen and oxygen atoms in total. The lowest BCUT2D eigenvalue weighted by atomic mass is 10.8. The molecule has 0 aromatic rings. The molecule has 0 heterocycles. The zero-order valence-corrected chi connectivity index (χ0v) is 5.26. The SMILES string of the molecule is C=C/N=C(/N)N(C)C. The van der Waals surface area contributed by atoms with E-state index >= 15 is 0 Å². The Morgan fingerprint density at radius 2 is 2.25 bits per heavy atom. The van der Waals surface area contributed by atoms with Gasteiger partial charge in [0.15, 0.2) is 5.96 Å². The average Bonchev–Trinajstić information content (AvgIpc) is 1.67. The van der Waals surface area contributed by atoms with Crippen LogP contribution in [0.25, 0.3) is 0 Å². The molecule has 0 unspecified atom stereocenters. The third-order valence-corrected chi connectivity index (χ3v) is 0.682. The molecule has 0 rings (SSSR count). The Morgan fingerprint density at radius 3 is 2.38 bits per heavy atom. The van der Waals surface area contributed by atoms with Crippen LogP contribution >= 0.6 is 0 Å². The number of rotatable bonds is 1. The quantitative estimate of drug-likeness (QED) is 0.384. The highest BCUT2D eigenvalue weighted by molar-refractivity contribution is 5.77. The van der Waals surface area contributed by atoms with Gasteiger partial charge in [0.05, 0.1) is 0 Å². The van der Waals surface area contributed by atoms with Crippen LogP contribution in [0.4, 0.5) is 0 Å². The number of aliphatic imine (C=N–C) groups is 1. The second-order valence-corrected chi connectivity index (χ2v) is 1.56. The third-order valence-electron chi connectivity index (χ3n) is 0.682. The monoisotopic (exact) mass is 113 g/mol. The maximum atomic E-state index is 5.33. The summed E-state index contributed by atoms with van der Waals surface area (Å²) < 4.78 is 0. The van der Waals surface area contributed by atoms with Crippen LogP contribution in [-0.4, -0.2) is 25.0 Å². The molecule has 3 heteroatoms. The standard InChI is InChI=1S/C5H11N3/c1-4-7-5(6)8(2)3/h4H,1H2,2-3H3,(H2,6,7). The second kappa shape index (κ2) is 3.07. The first-order valence-electron chi connectivity index (χ1n) is 2.30. The number of guanidine groups is 1. The lowest BCUT2D eigenvalue weighted by Crippen LogP contribution is -2.29. The van der Waals surface area contributed by atoms with Gasteiger partial charge >= 0.3 is 0 Å². The summed E-state index contributed by atoms with van der Waals surface area (Å²) in [7, 11) is 3.64. The van der Waals surface area contributed by atoms with Crippen molar-refractivity contribution in [3.63, 3.8) is 0 Å². The molecule has 0 bridgehead atoms. The summed E-state index contributed by atoms with van der Waals surface area (Å²) in [5.74, 6) is 0.472. The predicted octanol–water partition coefficient (Wildman–Crippen LogP) is 0.00620. The number of hydrogen-bond acceptors (Lipinski definition) is 1. The van der Waals surface area contributed by atoms with E-state index in [2.05, 4.69) is 11.6 Å². The van der Waals surface area contributed by atoms with Crippen molar-refractivity contribution in [2.45, 2.75) is 0 Å². The van der Waals surface area contributed by atoms with Gasteiger partial charge in [0.1, 0.15) is 0 Å². The van der Waals surface area contributed by atoms with Gasteiger partial charge in [0.2, 0.25) is 0 Å². The number of nitrogens with two attached hydrogens (primary N) is 1. The normalized spacial score (nSPS) is 11.0. The molecular weight excluding hydrogens is 102 g/mol. The van der Waals surface area contributed by atoms with Crippen LogP contribution < -0.4 is 5.73 Å². The van der Waals surface area contributed by atoms with Crippen molar-refractivity contribution >= 4 is 5.96 Å². The fourth-order valence-electron chi connectivity index (χ4n) is 0.209. The summed E-state index contributed by atoms with van der Waals surface area (Å²) in [6.45, 7) is 3.39. The van der Waals surface area contributed by atoms with Gasteiger partial charge in [-0.1, -0.05) is 6.58 Å². The van der Waals surface area contributed by atoms with Gasteiger partial charge in [-0.2, -0.15) is 0 Å². The minimum atomic E-state index is 0.472. The summed E-state index contributed by atoms with van der Waals surface area (Å²) in [5, 5.41) is 0. The van der Waals surface area contributed by atoms with Crippen LogP contribution in [0.3, 0.4) is 0 Å². The van der Waals surface area contributed by atoms with Gasteiger partial charge in [-0.05, 0) is 0 Å². The fraction of sp³-hybridized carbons (Fsp3) is 0.400. The van der Waals surface area contributed by atoms with Gasteiger partial charge in [-0.15, -0.1) is 0 Å². The summed E-state index contributed by atoms with van der Waals surface area (Å²) in [4.78, 5) is 5.42. The summed E-state index contributed by atoms with van der Waals surface area (Å²) >= 11 is 0. The number of hydrogen-bond donors (Lipinski definition) is 1. The van der Waals surface area contributed by atoms with E-state index in [4.69, 9.17) is 5.73 Å². The highest BCUT2D eigenvalue weighted by atomic mass is 15.2. The molecular formula is C5H11N3. The van der Waals surface area contributed by atoms with Crippen LogP contribution in [0.15, 0.2) is 17.8 Å². The molecule has 0 aromatic heterocycles. The first kappa shape index (κ1) is 7.01. The van der Waals surface area contributed by atoms with E-state index < -0.39 is 0 Å². The molecule has 0 aliphatic rings. The average molecular weight is 113 g/mol. The molecule has 2 N–H and O–H groups in total. The Kier molecular flexibility index (Phi) is 2.69. The summed E-state index contributed by atoms with van der Waals surface area (Å²) in [6.07, 6.45) is 1.41. The Labute approximate surface area is 49.5 Å². The number of nitrogens with zero attached hydrogens (tertiary/aromatic N) is 2. The van der Waals surface area contributed by atoms with Crippen molar-refractivity contribution in [2.24, 2.45) is 10.7 Å². The molecule has 0 aliphatic carbocycles. The molecule has 0 atom stereocenters.